The van der Waals surface area contributed by atoms with E-state index in [0.717, 1.165) is 44.2 Å². The summed E-state index contributed by atoms with van der Waals surface area (Å²) in [6.45, 7) is 7.76. The Balaban J connectivity index is 0.00000320. The fourth-order valence-electron chi connectivity index (χ4n) is 3.40. The lowest BCUT2D eigenvalue weighted by Crippen LogP contribution is -2.47. The van der Waals surface area contributed by atoms with Crippen LogP contribution in [0.25, 0.3) is 0 Å². The molecule has 0 saturated carbocycles. The first-order valence-corrected chi connectivity index (χ1v) is 10.7. The van der Waals surface area contributed by atoms with E-state index < -0.39 is 0 Å². The highest BCUT2D eigenvalue weighted by Gasteiger charge is 2.18. The van der Waals surface area contributed by atoms with Gasteiger partial charge in [0.25, 0.3) is 5.91 Å². The molecule has 30 heavy (non-hydrogen) atoms. The first-order chi connectivity index (χ1) is 14.0. The van der Waals surface area contributed by atoms with E-state index in [9.17, 15) is 4.79 Å². The summed E-state index contributed by atoms with van der Waals surface area (Å²) in [6, 6.07) is 13.0. The van der Waals surface area contributed by atoms with Crippen molar-refractivity contribution in [1.82, 2.24) is 10.2 Å². The molecule has 0 atom stereocenters. The number of benzene rings is 2. The molecule has 1 fully saturated rings. The average molecular weight is 473 g/mol. The Hall–Kier alpha value is -1.66. The van der Waals surface area contributed by atoms with Crippen LogP contribution in [0, 0.1) is 6.92 Å². The maximum atomic E-state index is 11.9. The number of aryl methyl sites for hydroxylation is 1. The summed E-state index contributed by atoms with van der Waals surface area (Å²) in [4.78, 5) is 16.7. The summed E-state index contributed by atoms with van der Waals surface area (Å²) in [5.41, 5.74) is 2.48. The van der Waals surface area contributed by atoms with Crippen LogP contribution < -0.4 is 15.0 Å². The second kappa shape index (κ2) is 12.3. The molecule has 1 N–H and O–H groups in total. The van der Waals surface area contributed by atoms with Gasteiger partial charge in [-0.1, -0.05) is 29.3 Å². The minimum Gasteiger partial charge on any atom is -0.484 e. The molecule has 1 amide bonds. The summed E-state index contributed by atoms with van der Waals surface area (Å²) in [5, 5.41) is 4.34. The number of nitrogens with one attached hydrogen (secondary N) is 1. The lowest BCUT2D eigenvalue weighted by molar-refractivity contribution is -0.123. The summed E-state index contributed by atoms with van der Waals surface area (Å²) >= 11 is 12.0. The normalized spacial score (nSPS) is 14.2. The molecule has 5 nitrogen and oxygen atoms in total. The van der Waals surface area contributed by atoms with Crippen molar-refractivity contribution >= 4 is 47.2 Å². The molecule has 0 unspecified atom stereocenters. The van der Waals surface area contributed by atoms with E-state index in [1.165, 1.54) is 11.3 Å². The second-order valence-electron chi connectivity index (χ2n) is 7.21. The van der Waals surface area contributed by atoms with Gasteiger partial charge >= 0.3 is 0 Å². The third-order valence-corrected chi connectivity index (χ3v) is 5.53. The first kappa shape index (κ1) is 24.6. The standard InChI is InChI=1S/C22H27Cl2N3O2.ClH/c1-17-3-4-19(24)15-21(17)27-13-11-26(12-14-27)10-2-9-25-22(28)16-29-20-7-5-18(23)6-8-20;/h3-8,15H,2,9-14,16H2,1H3,(H,25,28);1H. The molecule has 0 aromatic heterocycles. The second-order valence-corrected chi connectivity index (χ2v) is 8.08. The highest BCUT2D eigenvalue weighted by atomic mass is 35.5. The van der Waals surface area contributed by atoms with Gasteiger partial charge in [-0.2, -0.15) is 0 Å². The van der Waals surface area contributed by atoms with Crippen LogP contribution in [-0.2, 0) is 4.79 Å². The molecular formula is C22H28Cl3N3O2. The van der Waals surface area contributed by atoms with Crippen molar-refractivity contribution in [3.8, 4) is 5.75 Å². The molecule has 1 aliphatic rings. The lowest BCUT2D eigenvalue weighted by Gasteiger charge is -2.37. The number of anilines is 1. The smallest absolute Gasteiger partial charge is 0.257 e. The van der Waals surface area contributed by atoms with Crippen LogP contribution in [0.4, 0.5) is 5.69 Å². The SMILES string of the molecule is Cc1ccc(Cl)cc1N1CCN(CCCNC(=O)COc2ccc(Cl)cc2)CC1.Cl. The van der Waals surface area contributed by atoms with Gasteiger partial charge in [-0.25, -0.2) is 0 Å². The van der Waals surface area contributed by atoms with Crippen molar-refractivity contribution in [3.05, 3.63) is 58.1 Å². The van der Waals surface area contributed by atoms with Crippen molar-refractivity contribution in [1.29, 1.82) is 0 Å². The zero-order valence-electron chi connectivity index (χ0n) is 17.1. The Kier molecular flexibility index (Phi) is 10.1. The molecular weight excluding hydrogens is 445 g/mol. The molecule has 3 rings (SSSR count). The van der Waals surface area contributed by atoms with E-state index in [2.05, 4.69) is 28.1 Å². The Bertz CT molecular complexity index is 810. The maximum Gasteiger partial charge on any atom is 0.257 e. The number of amides is 1. The van der Waals surface area contributed by atoms with Crippen LogP contribution in [0.1, 0.15) is 12.0 Å². The number of hydrogen-bond donors (Lipinski definition) is 1. The monoisotopic (exact) mass is 471 g/mol. The average Bonchev–Trinajstić information content (AvgIpc) is 2.73. The Morgan fingerprint density at radius 2 is 1.70 bits per heavy atom. The highest BCUT2D eigenvalue weighted by Crippen LogP contribution is 2.25. The number of halogens is 3. The van der Waals surface area contributed by atoms with E-state index in [0.29, 0.717) is 17.3 Å². The molecule has 2 aromatic carbocycles. The molecule has 0 spiro atoms. The van der Waals surface area contributed by atoms with Gasteiger partial charge in [0.15, 0.2) is 6.61 Å². The third kappa shape index (κ3) is 7.55. The van der Waals surface area contributed by atoms with Crippen LogP contribution in [0.2, 0.25) is 10.0 Å². The van der Waals surface area contributed by atoms with Crippen LogP contribution in [0.5, 0.6) is 5.75 Å². The van der Waals surface area contributed by atoms with Gasteiger partial charge in [0.05, 0.1) is 0 Å². The number of ether oxygens (including phenoxy) is 1. The van der Waals surface area contributed by atoms with E-state index in [4.69, 9.17) is 27.9 Å². The number of piperazine rings is 1. The highest BCUT2D eigenvalue weighted by molar-refractivity contribution is 6.31. The number of carbonyl (C=O) groups is 1. The zero-order chi connectivity index (χ0) is 20.6. The number of carbonyl (C=O) groups excluding carboxylic acids is 1. The van der Waals surface area contributed by atoms with Crippen LogP contribution in [0.15, 0.2) is 42.5 Å². The fourth-order valence-corrected chi connectivity index (χ4v) is 3.69. The van der Waals surface area contributed by atoms with Crippen molar-refractivity contribution in [2.24, 2.45) is 0 Å². The molecule has 8 heteroatoms. The van der Waals surface area contributed by atoms with Gasteiger partial charge in [0.2, 0.25) is 0 Å². The number of hydrogen-bond acceptors (Lipinski definition) is 4. The Morgan fingerprint density at radius 1 is 1.03 bits per heavy atom. The van der Waals surface area contributed by atoms with Crippen LogP contribution in [0.3, 0.4) is 0 Å². The Morgan fingerprint density at radius 3 is 2.40 bits per heavy atom. The van der Waals surface area contributed by atoms with Crippen molar-refractivity contribution in [2.75, 3.05) is 50.8 Å². The summed E-state index contributed by atoms with van der Waals surface area (Å²) in [5.74, 6) is 0.526. The molecule has 1 saturated heterocycles. The van der Waals surface area contributed by atoms with Gasteiger partial charge in [-0.15, -0.1) is 12.4 Å². The molecule has 0 aliphatic carbocycles. The topological polar surface area (TPSA) is 44.8 Å². The summed E-state index contributed by atoms with van der Waals surface area (Å²) in [6.07, 6.45) is 0.920. The third-order valence-electron chi connectivity index (χ3n) is 5.04. The van der Waals surface area contributed by atoms with E-state index in [1.54, 1.807) is 24.3 Å². The molecule has 0 bridgehead atoms. The molecule has 2 aromatic rings. The quantitative estimate of drug-likeness (QED) is 0.577. The summed E-state index contributed by atoms with van der Waals surface area (Å²) in [7, 11) is 0. The van der Waals surface area contributed by atoms with Crippen molar-refractivity contribution < 1.29 is 9.53 Å². The van der Waals surface area contributed by atoms with Gasteiger partial charge in [-0.05, 0) is 61.9 Å². The van der Waals surface area contributed by atoms with E-state index in [1.807, 2.05) is 12.1 Å². The fraction of sp³-hybridized carbons (Fsp3) is 0.409. The minimum atomic E-state index is -0.110. The first-order valence-electron chi connectivity index (χ1n) is 9.90. The zero-order valence-corrected chi connectivity index (χ0v) is 19.4. The lowest BCUT2D eigenvalue weighted by atomic mass is 10.1. The molecule has 0 radical (unpaired) electrons. The van der Waals surface area contributed by atoms with Crippen molar-refractivity contribution in [3.63, 3.8) is 0 Å². The molecule has 1 aliphatic heterocycles. The van der Waals surface area contributed by atoms with Gasteiger partial charge in [0, 0.05) is 48.5 Å². The predicted octanol–water partition coefficient (Wildman–Crippen LogP) is 4.43. The number of rotatable bonds is 8. The van der Waals surface area contributed by atoms with Gasteiger partial charge in [-0.3, -0.25) is 9.69 Å². The minimum absolute atomic E-state index is 0. The predicted molar refractivity (Wildman–Crippen MR) is 127 cm³/mol. The largest absolute Gasteiger partial charge is 0.484 e. The van der Waals surface area contributed by atoms with E-state index >= 15 is 0 Å². The van der Waals surface area contributed by atoms with Gasteiger partial charge in [0.1, 0.15) is 5.75 Å². The van der Waals surface area contributed by atoms with Crippen LogP contribution >= 0.6 is 35.6 Å². The molecule has 1 heterocycles. The van der Waals surface area contributed by atoms with Crippen molar-refractivity contribution in [2.45, 2.75) is 13.3 Å². The number of nitrogens with zero attached hydrogens (tertiary/aromatic N) is 2. The Labute approximate surface area is 194 Å². The van der Waals surface area contributed by atoms with E-state index in [-0.39, 0.29) is 24.9 Å². The maximum absolute atomic E-state index is 11.9. The summed E-state index contributed by atoms with van der Waals surface area (Å²) < 4.78 is 5.45. The van der Waals surface area contributed by atoms with Crippen LogP contribution in [-0.4, -0.2) is 56.7 Å². The molecule has 164 valence electrons. The van der Waals surface area contributed by atoms with Gasteiger partial charge < -0.3 is 15.0 Å².